The first-order valence-electron chi connectivity index (χ1n) is 28.4. The molecule has 5 aromatic heterocycles. The minimum Gasteiger partial charge on any atom is -0.456 e. The Morgan fingerprint density at radius 1 is 0.193 bits per heavy atom. The Balaban J connectivity index is 0.694. The molecule has 13 aromatic carbocycles. The summed E-state index contributed by atoms with van der Waals surface area (Å²) in [5.41, 5.74) is 23.0. The van der Waals surface area contributed by atoms with Gasteiger partial charge in [-0.2, -0.15) is 0 Å². The van der Waals surface area contributed by atoms with E-state index in [9.17, 15) is 0 Å². The van der Waals surface area contributed by atoms with Gasteiger partial charge >= 0.3 is 0 Å². The van der Waals surface area contributed by atoms with Crippen LogP contribution in [-0.4, -0.2) is 13.7 Å². The van der Waals surface area contributed by atoms with E-state index in [2.05, 4.69) is 293 Å². The Morgan fingerprint density at radius 2 is 0.518 bits per heavy atom. The molecule has 0 radical (unpaired) electrons. The van der Waals surface area contributed by atoms with Gasteiger partial charge in [-0.1, -0.05) is 182 Å². The Bertz CT molecular complexity index is 5550. The Morgan fingerprint density at radius 3 is 1.01 bits per heavy atom. The number of fused-ring (bicyclic) bond motifs is 16. The molecule has 0 bridgehead atoms. The average Bonchev–Trinajstić information content (AvgIpc) is 3.93. The number of rotatable bonds is 7. The zero-order chi connectivity index (χ0) is 54.3. The zero-order valence-electron chi connectivity index (χ0n) is 44.8. The van der Waals surface area contributed by atoms with Crippen molar-refractivity contribution in [1.82, 2.24) is 13.7 Å². The maximum Gasteiger partial charge on any atom is 0.160 e. The van der Waals surface area contributed by atoms with Gasteiger partial charge in [-0.3, -0.25) is 0 Å². The van der Waals surface area contributed by atoms with Gasteiger partial charge in [0.25, 0.3) is 0 Å². The fraction of sp³-hybridized carbons (Fsp3) is 0. The number of hydrogen-bond acceptors (Lipinski definition) is 2. The van der Waals surface area contributed by atoms with Crippen molar-refractivity contribution < 1.29 is 8.83 Å². The lowest BCUT2D eigenvalue weighted by atomic mass is 9.98. The molecule has 18 aromatic rings. The number of aromatic nitrogens is 3. The van der Waals surface area contributed by atoms with Crippen LogP contribution in [0.5, 0.6) is 0 Å². The van der Waals surface area contributed by atoms with Crippen molar-refractivity contribution in [2.45, 2.75) is 0 Å². The third kappa shape index (κ3) is 6.95. The SMILES string of the molecule is c1ccc2c(c1)oc1c2ccc2c3ccc(-c4ccc5oc6ccc(-c7ccc(-c8ccc(-n9c%10ccccc%10c%10ccccc%109)cc8)cc7)cc6c5c4)cc3n(-c3ccc(-c4ccc(-n5c6ccccc6c6ccccc65)cc4)cc3)c21. The standard InChI is InChI=1S/C78H47N3O2/c1-6-16-69-59(11-1)60-12-2-7-17-70(60)79(69)56-34-25-49(26-35-56)48-21-23-52(24-22-48)53-32-43-75-67(45-53)68-46-54(33-44-76(68)82-75)55-31-40-63-65-41-42-66-64-15-5-10-20-74(64)83-78(66)77(65)81(73(63)47-55)58-38-29-51(30-39-58)50-27-36-57(37-28-50)80-71-18-8-3-13-61(71)62-14-4-9-19-72(62)80/h1-47H. The van der Waals surface area contributed by atoms with Crippen molar-refractivity contribution in [3.8, 4) is 61.6 Å². The molecule has 0 N–H and O–H groups in total. The second kappa shape index (κ2) is 17.7. The second-order valence-corrected chi connectivity index (χ2v) is 22.0. The summed E-state index contributed by atoms with van der Waals surface area (Å²) in [7, 11) is 0. The van der Waals surface area contributed by atoms with Crippen LogP contribution in [0.2, 0.25) is 0 Å². The first-order valence-corrected chi connectivity index (χ1v) is 28.4. The first kappa shape index (κ1) is 45.7. The summed E-state index contributed by atoms with van der Waals surface area (Å²) in [5, 5.41) is 11.8. The van der Waals surface area contributed by atoms with E-state index >= 15 is 0 Å². The van der Waals surface area contributed by atoms with Gasteiger partial charge in [0.15, 0.2) is 5.58 Å². The Labute approximate surface area is 475 Å². The van der Waals surface area contributed by atoms with Crippen molar-refractivity contribution in [1.29, 1.82) is 0 Å². The summed E-state index contributed by atoms with van der Waals surface area (Å²) in [6, 6.07) is 103. The molecule has 0 saturated heterocycles. The van der Waals surface area contributed by atoms with E-state index in [0.29, 0.717) is 0 Å². The summed E-state index contributed by atoms with van der Waals surface area (Å²) in [6.07, 6.45) is 0. The topological polar surface area (TPSA) is 41.1 Å². The van der Waals surface area contributed by atoms with E-state index < -0.39 is 0 Å². The minimum atomic E-state index is 0.865. The molecular weight excluding hydrogens is 1010 g/mol. The van der Waals surface area contributed by atoms with Crippen LogP contribution < -0.4 is 0 Å². The van der Waals surface area contributed by atoms with Crippen LogP contribution in [0.3, 0.4) is 0 Å². The van der Waals surface area contributed by atoms with Crippen molar-refractivity contribution in [2.24, 2.45) is 0 Å². The molecule has 5 heterocycles. The predicted molar refractivity (Wildman–Crippen MR) is 346 cm³/mol. The number of hydrogen-bond donors (Lipinski definition) is 0. The number of furan rings is 2. The molecule has 0 fully saturated rings. The van der Waals surface area contributed by atoms with Crippen molar-refractivity contribution in [3.05, 3.63) is 285 Å². The van der Waals surface area contributed by atoms with Crippen LogP contribution in [0, 0.1) is 0 Å². The van der Waals surface area contributed by atoms with Gasteiger partial charge < -0.3 is 22.5 Å². The zero-order valence-corrected chi connectivity index (χ0v) is 44.8. The molecule has 0 spiro atoms. The molecule has 0 atom stereocenters. The van der Waals surface area contributed by atoms with Gasteiger partial charge in [-0.15, -0.1) is 0 Å². The summed E-state index contributed by atoms with van der Waals surface area (Å²) in [4.78, 5) is 0. The third-order valence-electron chi connectivity index (χ3n) is 17.5. The molecule has 0 saturated carbocycles. The lowest BCUT2D eigenvalue weighted by molar-refractivity contribution is 0.669. The lowest BCUT2D eigenvalue weighted by Crippen LogP contribution is -1.95. The van der Waals surface area contributed by atoms with Gasteiger partial charge in [-0.25, -0.2) is 0 Å². The monoisotopic (exact) mass is 1060 g/mol. The normalized spacial score (nSPS) is 12.1. The maximum absolute atomic E-state index is 6.81. The van der Waals surface area contributed by atoms with Crippen molar-refractivity contribution in [3.63, 3.8) is 0 Å². The summed E-state index contributed by atoms with van der Waals surface area (Å²) in [6.45, 7) is 0. The minimum absolute atomic E-state index is 0.865. The van der Waals surface area contributed by atoms with Crippen LogP contribution in [0.25, 0.3) is 171 Å². The van der Waals surface area contributed by atoms with Gasteiger partial charge in [0.05, 0.1) is 33.1 Å². The number of para-hydroxylation sites is 5. The highest BCUT2D eigenvalue weighted by Gasteiger charge is 2.21. The quantitative estimate of drug-likeness (QED) is 0.160. The molecule has 0 amide bonds. The van der Waals surface area contributed by atoms with Crippen molar-refractivity contribution in [2.75, 3.05) is 0 Å². The van der Waals surface area contributed by atoms with Gasteiger partial charge in [0, 0.05) is 70.9 Å². The highest BCUT2D eigenvalue weighted by Crippen LogP contribution is 2.44. The fourth-order valence-corrected chi connectivity index (χ4v) is 13.5. The summed E-state index contributed by atoms with van der Waals surface area (Å²) in [5.74, 6) is 0. The Kier molecular flexibility index (Phi) is 9.73. The molecule has 5 nitrogen and oxygen atoms in total. The molecule has 0 aliphatic heterocycles. The van der Waals surface area contributed by atoms with E-state index in [0.717, 1.165) is 116 Å². The van der Waals surface area contributed by atoms with Crippen LogP contribution in [0.1, 0.15) is 0 Å². The van der Waals surface area contributed by atoms with Gasteiger partial charge in [0.1, 0.15) is 16.7 Å². The Hall–Kier alpha value is -11.1. The number of benzene rings is 13. The summed E-state index contributed by atoms with van der Waals surface area (Å²) < 4.78 is 20.5. The highest BCUT2D eigenvalue weighted by atomic mass is 16.3. The highest BCUT2D eigenvalue weighted by molar-refractivity contribution is 6.22. The van der Waals surface area contributed by atoms with E-state index in [1.807, 2.05) is 6.07 Å². The molecule has 386 valence electrons. The molecule has 83 heavy (non-hydrogen) atoms. The van der Waals surface area contributed by atoms with E-state index in [4.69, 9.17) is 8.83 Å². The first-order chi connectivity index (χ1) is 41.1. The van der Waals surface area contributed by atoms with E-state index in [-0.39, 0.29) is 0 Å². The van der Waals surface area contributed by atoms with E-state index in [1.165, 1.54) is 54.7 Å². The molecule has 0 unspecified atom stereocenters. The largest absolute Gasteiger partial charge is 0.456 e. The molecule has 5 heteroatoms. The van der Waals surface area contributed by atoms with Crippen LogP contribution in [0.4, 0.5) is 0 Å². The molecule has 0 aliphatic carbocycles. The van der Waals surface area contributed by atoms with Crippen LogP contribution in [-0.2, 0) is 0 Å². The smallest absolute Gasteiger partial charge is 0.160 e. The van der Waals surface area contributed by atoms with Crippen molar-refractivity contribution >= 4 is 109 Å². The summed E-state index contributed by atoms with van der Waals surface area (Å²) >= 11 is 0. The maximum atomic E-state index is 6.81. The molecular formula is C78H47N3O2. The second-order valence-electron chi connectivity index (χ2n) is 22.0. The lowest BCUT2D eigenvalue weighted by Gasteiger charge is -2.12. The number of nitrogens with zero attached hydrogens (tertiary/aromatic N) is 3. The fourth-order valence-electron chi connectivity index (χ4n) is 13.5. The molecule has 18 rings (SSSR count). The van der Waals surface area contributed by atoms with E-state index in [1.54, 1.807) is 0 Å². The third-order valence-corrected chi connectivity index (χ3v) is 17.5. The van der Waals surface area contributed by atoms with Gasteiger partial charge in [0.2, 0.25) is 0 Å². The van der Waals surface area contributed by atoms with Gasteiger partial charge in [-0.05, 0) is 148 Å². The predicted octanol–water partition coefficient (Wildman–Crippen LogP) is 21.4. The van der Waals surface area contributed by atoms with Crippen LogP contribution in [0.15, 0.2) is 294 Å². The van der Waals surface area contributed by atoms with Crippen LogP contribution >= 0.6 is 0 Å². The molecule has 0 aliphatic rings. The average molecular weight is 1060 g/mol.